The largest absolute Gasteiger partial charge is 0.462 e. The molecule has 23 heavy (non-hydrogen) atoms. The zero-order valence-corrected chi connectivity index (χ0v) is 13.3. The molecule has 0 fully saturated rings. The predicted octanol–water partition coefficient (Wildman–Crippen LogP) is 2.12. The normalized spacial score (nSPS) is 10.3. The molecule has 1 heterocycles. The Balaban J connectivity index is 3.50. The van der Waals surface area contributed by atoms with E-state index in [1.54, 1.807) is 20.8 Å². The number of esters is 3. The molecule has 0 amide bonds. The van der Waals surface area contributed by atoms with Gasteiger partial charge in [-0.3, -0.25) is 0 Å². The zero-order valence-electron chi connectivity index (χ0n) is 13.3. The van der Waals surface area contributed by atoms with E-state index in [-0.39, 0.29) is 43.3 Å². The molecule has 0 aliphatic carbocycles. The Morgan fingerprint density at radius 1 is 0.870 bits per heavy atom. The zero-order chi connectivity index (χ0) is 17.4. The van der Waals surface area contributed by atoms with Crippen LogP contribution in [0.25, 0.3) is 0 Å². The smallest absolute Gasteiger partial charge is 0.375 e. The lowest BCUT2D eigenvalue weighted by molar-refractivity contribution is 0.0445. The maximum Gasteiger partial charge on any atom is 0.375 e. The second-order valence-electron chi connectivity index (χ2n) is 4.11. The number of carbonyl (C=O) groups is 3. The van der Waals surface area contributed by atoms with Gasteiger partial charge in [0.05, 0.1) is 26.9 Å². The average Bonchev–Trinajstić information content (AvgIpc) is 2.88. The predicted molar refractivity (Wildman–Crippen MR) is 76.7 cm³/mol. The molecule has 0 aromatic carbocycles. The lowest BCUT2D eigenvalue weighted by Crippen LogP contribution is -2.17. The fourth-order valence-electron chi connectivity index (χ4n) is 1.83. The van der Waals surface area contributed by atoms with Gasteiger partial charge in [-0.1, -0.05) is 0 Å². The van der Waals surface area contributed by atoms with E-state index in [0.717, 1.165) is 0 Å². The van der Waals surface area contributed by atoms with Crippen LogP contribution in [0.1, 0.15) is 57.8 Å². The van der Waals surface area contributed by atoms with E-state index in [9.17, 15) is 14.4 Å². The van der Waals surface area contributed by atoms with Crippen LogP contribution < -0.4 is 0 Å². The van der Waals surface area contributed by atoms with E-state index in [4.69, 9.17) is 18.6 Å². The van der Waals surface area contributed by atoms with Crippen molar-refractivity contribution < 1.29 is 37.7 Å². The summed E-state index contributed by atoms with van der Waals surface area (Å²) in [6, 6.07) is 0. The van der Waals surface area contributed by atoms with E-state index in [2.05, 4.69) is 11.8 Å². The van der Waals surface area contributed by atoms with Gasteiger partial charge in [0, 0.05) is 0 Å². The van der Waals surface area contributed by atoms with Crippen molar-refractivity contribution in [3.8, 4) is 0 Å². The summed E-state index contributed by atoms with van der Waals surface area (Å²) in [5.74, 6) is -3.11. The van der Waals surface area contributed by atoms with Gasteiger partial charge >= 0.3 is 17.9 Å². The third-order valence-corrected chi connectivity index (χ3v) is 2.63. The molecule has 1 aromatic rings. The van der Waals surface area contributed by atoms with Gasteiger partial charge in [-0.15, -0.1) is 0 Å². The number of rotatable bonds is 8. The van der Waals surface area contributed by atoms with E-state index >= 15 is 0 Å². The maximum atomic E-state index is 12.2. The lowest BCUT2D eigenvalue weighted by Gasteiger charge is -2.06. The minimum Gasteiger partial charge on any atom is -0.462 e. The monoisotopic (exact) mass is 327 g/mol. The Labute approximate surface area is 133 Å². The topological polar surface area (TPSA) is 101 Å². The highest BCUT2D eigenvalue weighted by molar-refractivity contribution is 6.10. The summed E-state index contributed by atoms with van der Waals surface area (Å²) in [6.07, 6.45) is 0. The van der Waals surface area contributed by atoms with Crippen molar-refractivity contribution in [2.75, 3.05) is 19.8 Å². The van der Waals surface area contributed by atoms with E-state index in [1.807, 2.05) is 0 Å². The molecule has 0 atom stereocenters. The second-order valence-corrected chi connectivity index (χ2v) is 4.11. The minimum atomic E-state index is -0.892. The molecule has 0 N–H and O–H groups in total. The molecular formula is C15H19O8. The summed E-state index contributed by atoms with van der Waals surface area (Å²) in [6.45, 7) is 4.74. The number of hydrogen-bond acceptors (Lipinski definition) is 8. The van der Waals surface area contributed by atoms with Gasteiger partial charge in [-0.25, -0.2) is 14.4 Å². The summed E-state index contributed by atoms with van der Waals surface area (Å²) in [5.41, 5.74) is -0.562. The molecule has 0 bridgehead atoms. The van der Waals surface area contributed by atoms with E-state index < -0.39 is 23.7 Å². The van der Waals surface area contributed by atoms with Gasteiger partial charge in [-0.05, 0) is 20.8 Å². The SMILES string of the molecule is [CH2]OCc1oc(C(=O)OCC)c(C(=O)OCC)c1C(=O)OCC. The Morgan fingerprint density at radius 2 is 1.35 bits per heavy atom. The Kier molecular flexibility index (Phi) is 7.27. The van der Waals surface area contributed by atoms with Crippen molar-refractivity contribution in [2.45, 2.75) is 27.4 Å². The first-order valence-electron chi connectivity index (χ1n) is 7.05. The molecule has 1 radical (unpaired) electrons. The Hall–Kier alpha value is -2.35. The highest BCUT2D eigenvalue weighted by atomic mass is 16.6. The van der Waals surface area contributed by atoms with Crippen molar-refractivity contribution in [2.24, 2.45) is 0 Å². The number of ether oxygens (including phenoxy) is 4. The first-order valence-corrected chi connectivity index (χ1v) is 7.05. The standard InChI is InChI=1S/C15H19O8/c1-5-20-13(16)10-9(8-19-4)23-12(15(18)22-7-3)11(10)14(17)21-6-2/h4-8H2,1-3H3. The van der Waals surface area contributed by atoms with Crippen molar-refractivity contribution in [3.63, 3.8) is 0 Å². The minimum absolute atomic E-state index is 0.0513. The highest BCUT2D eigenvalue weighted by Crippen LogP contribution is 2.27. The average molecular weight is 327 g/mol. The maximum absolute atomic E-state index is 12.2. The fourth-order valence-corrected chi connectivity index (χ4v) is 1.83. The van der Waals surface area contributed by atoms with Crippen LogP contribution in [0.15, 0.2) is 4.42 Å². The van der Waals surface area contributed by atoms with Crippen LogP contribution in [-0.4, -0.2) is 37.7 Å². The second kappa shape index (κ2) is 8.94. The van der Waals surface area contributed by atoms with Gasteiger partial charge in [-0.2, -0.15) is 0 Å². The first kappa shape index (κ1) is 18.7. The first-order chi connectivity index (χ1) is 11.0. The van der Waals surface area contributed by atoms with Crippen molar-refractivity contribution in [1.29, 1.82) is 0 Å². The summed E-state index contributed by atoms with van der Waals surface area (Å²) >= 11 is 0. The molecule has 0 unspecified atom stereocenters. The summed E-state index contributed by atoms with van der Waals surface area (Å²) in [5, 5.41) is 0. The molecule has 1 rings (SSSR count). The summed E-state index contributed by atoms with van der Waals surface area (Å²) in [4.78, 5) is 36.3. The van der Waals surface area contributed by atoms with Crippen LogP contribution >= 0.6 is 0 Å². The number of carbonyl (C=O) groups excluding carboxylic acids is 3. The summed E-state index contributed by atoms with van der Waals surface area (Å²) in [7, 11) is 3.18. The molecule has 8 nitrogen and oxygen atoms in total. The van der Waals surface area contributed by atoms with Gasteiger partial charge in [0.2, 0.25) is 5.76 Å². The highest BCUT2D eigenvalue weighted by Gasteiger charge is 2.35. The van der Waals surface area contributed by atoms with Crippen LogP contribution in [-0.2, 0) is 25.6 Å². The van der Waals surface area contributed by atoms with Crippen LogP contribution in [0.5, 0.6) is 0 Å². The van der Waals surface area contributed by atoms with Gasteiger partial charge in [0.15, 0.2) is 0 Å². The molecule has 1 aromatic heterocycles. The number of hydrogen-bond donors (Lipinski definition) is 0. The Bertz CT molecular complexity index is 572. The number of furan rings is 1. The fraction of sp³-hybridized carbons (Fsp3) is 0.467. The van der Waals surface area contributed by atoms with Gasteiger partial charge in [0.1, 0.15) is 23.5 Å². The van der Waals surface area contributed by atoms with E-state index in [1.165, 1.54) is 0 Å². The van der Waals surface area contributed by atoms with Crippen molar-refractivity contribution >= 4 is 17.9 Å². The van der Waals surface area contributed by atoms with Crippen molar-refractivity contribution in [3.05, 3.63) is 29.8 Å². The lowest BCUT2D eigenvalue weighted by atomic mass is 10.1. The molecule has 0 spiro atoms. The summed E-state index contributed by atoms with van der Waals surface area (Å²) < 4.78 is 24.6. The van der Waals surface area contributed by atoms with Crippen LogP contribution in [0.3, 0.4) is 0 Å². The van der Waals surface area contributed by atoms with Crippen LogP contribution in [0.4, 0.5) is 0 Å². The molecule has 0 aliphatic rings. The molecular weight excluding hydrogens is 308 g/mol. The van der Waals surface area contributed by atoms with Crippen molar-refractivity contribution in [1.82, 2.24) is 0 Å². The molecule has 0 saturated carbocycles. The quantitative estimate of drug-likeness (QED) is 0.528. The third-order valence-electron chi connectivity index (χ3n) is 2.63. The van der Waals surface area contributed by atoms with Gasteiger partial charge < -0.3 is 23.4 Å². The van der Waals surface area contributed by atoms with E-state index in [0.29, 0.717) is 0 Å². The van der Waals surface area contributed by atoms with Crippen LogP contribution in [0, 0.1) is 7.11 Å². The third kappa shape index (κ3) is 4.32. The molecule has 0 saturated heterocycles. The van der Waals surface area contributed by atoms with Gasteiger partial charge in [0.25, 0.3) is 0 Å². The van der Waals surface area contributed by atoms with Crippen LogP contribution in [0.2, 0.25) is 0 Å². The molecule has 0 aliphatic heterocycles. The Morgan fingerprint density at radius 3 is 1.83 bits per heavy atom. The molecule has 8 heteroatoms. The molecule has 127 valence electrons.